The summed E-state index contributed by atoms with van der Waals surface area (Å²) >= 11 is 0. The first-order valence-electron chi connectivity index (χ1n) is 3.16. The van der Waals surface area contributed by atoms with E-state index in [1.54, 1.807) is 0 Å². The molecule has 1 rings (SSSR count). The van der Waals surface area contributed by atoms with Gasteiger partial charge < -0.3 is 5.32 Å². The molecule has 0 amide bonds. The van der Waals surface area contributed by atoms with Crippen LogP contribution in [0.4, 0.5) is 4.39 Å². The van der Waals surface area contributed by atoms with Crippen molar-refractivity contribution in [2.45, 2.75) is 25.4 Å². The molecule has 0 unspecified atom stereocenters. The van der Waals surface area contributed by atoms with E-state index in [-0.39, 0.29) is 0 Å². The van der Waals surface area contributed by atoms with Gasteiger partial charge in [0, 0.05) is 6.54 Å². The van der Waals surface area contributed by atoms with Gasteiger partial charge in [0.15, 0.2) is 0 Å². The van der Waals surface area contributed by atoms with Crippen LogP contribution in [0.5, 0.6) is 0 Å². The maximum Gasteiger partial charge on any atom is 0.124 e. The number of hydrogen-bond donors (Lipinski definition) is 1. The minimum Gasteiger partial charge on any atom is -0.313 e. The van der Waals surface area contributed by atoms with E-state index in [0.717, 1.165) is 6.54 Å². The standard InChI is InChI=1S/C6H12FN/c1-2-6(7)3-4-8-5-6/h8H,2-5H2,1H3/t6-/m0/s1. The van der Waals surface area contributed by atoms with Crippen molar-refractivity contribution in [3.8, 4) is 0 Å². The van der Waals surface area contributed by atoms with Crippen LogP contribution in [0.3, 0.4) is 0 Å². The maximum absolute atomic E-state index is 13.0. The van der Waals surface area contributed by atoms with Gasteiger partial charge in [0.2, 0.25) is 0 Å². The molecule has 0 spiro atoms. The highest BCUT2D eigenvalue weighted by atomic mass is 19.1. The second-order valence-electron chi connectivity index (χ2n) is 2.43. The maximum atomic E-state index is 13.0. The van der Waals surface area contributed by atoms with E-state index in [2.05, 4.69) is 5.32 Å². The van der Waals surface area contributed by atoms with Crippen LogP contribution >= 0.6 is 0 Å². The van der Waals surface area contributed by atoms with Crippen molar-refractivity contribution < 1.29 is 4.39 Å². The van der Waals surface area contributed by atoms with Crippen molar-refractivity contribution in [1.82, 2.24) is 5.32 Å². The Morgan fingerprint density at radius 2 is 2.50 bits per heavy atom. The summed E-state index contributed by atoms with van der Waals surface area (Å²) in [4.78, 5) is 0. The third kappa shape index (κ3) is 0.996. The highest BCUT2D eigenvalue weighted by molar-refractivity contribution is 4.86. The van der Waals surface area contributed by atoms with Crippen molar-refractivity contribution in [3.05, 3.63) is 0 Å². The molecule has 1 N–H and O–H groups in total. The highest BCUT2D eigenvalue weighted by Crippen LogP contribution is 2.22. The Morgan fingerprint density at radius 3 is 2.75 bits per heavy atom. The van der Waals surface area contributed by atoms with E-state index in [1.807, 2.05) is 6.92 Å². The van der Waals surface area contributed by atoms with E-state index in [4.69, 9.17) is 0 Å². The average Bonchev–Trinajstić information content (AvgIpc) is 2.17. The van der Waals surface area contributed by atoms with E-state index < -0.39 is 5.67 Å². The summed E-state index contributed by atoms with van der Waals surface area (Å²) in [6.07, 6.45) is 1.35. The lowest BCUT2D eigenvalue weighted by molar-refractivity contribution is 0.184. The molecule has 1 fully saturated rings. The smallest absolute Gasteiger partial charge is 0.124 e. The van der Waals surface area contributed by atoms with E-state index in [9.17, 15) is 4.39 Å². The zero-order chi connectivity index (χ0) is 6.04. The molecule has 1 atom stereocenters. The molecule has 0 aromatic heterocycles. The molecule has 0 aliphatic carbocycles. The van der Waals surface area contributed by atoms with Gasteiger partial charge in [-0.25, -0.2) is 4.39 Å². The van der Waals surface area contributed by atoms with Gasteiger partial charge in [-0.2, -0.15) is 0 Å². The van der Waals surface area contributed by atoms with E-state index >= 15 is 0 Å². The normalized spacial score (nSPS) is 38.2. The first-order chi connectivity index (χ1) is 3.77. The van der Waals surface area contributed by atoms with Gasteiger partial charge in [0.1, 0.15) is 5.67 Å². The van der Waals surface area contributed by atoms with Crippen molar-refractivity contribution >= 4 is 0 Å². The molecule has 0 aromatic carbocycles. The van der Waals surface area contributed by atoms with E-state index in [0.29, 0.717) is 19.4 Å². The second kappa shape index (κ2) is 2.02. The number of halogens is 1. The van der Waals surface area contributed by atoms with Crippen LogP contribution in [-0.2, 0) is 0 Å². The van der Waals surface area contributed by atoms with Crippen molar-refractivity contribution in [2.75, 3.05) is 13.1 Å². The van der Waals surface area contributed by atoms with Crippen LogP contribution in [-0.4, -0.2) is 18.8 Å². The molecule has 1 heterocycles. The fourth-order valence-electron chi connectivity index (χ4n) is 1.01. The fourth-order valence-corrected chi connectivity index (χ4v) is 1.01. The quantitative estimate of drug-likeness (QED) is 0.542. The average molecular weight is 117 g/mol. The van der Waals surface area contributed by atoms with Crippen LogP contribution in [0.15, 0.2) is 0 Å². The van der Waals surface area contributed by atoms with Gasteiger partial charge in [-0.05, 0) is 19.4 Å². The largest absolute Gasteiger partial charge is 0.313 e. The molecule has 0 radical (unpaired) electrons. The second-order valence-corrected chi connectivity index (χ2v) is 2.43. The minimum absolute atomic E-state index is 0.559. The predicted octanol–water partition coefficient (Wildman–Crippen LogP) is 1.10. The summed E-state index contributed by atoms with van der Waals surface area (Å²) in [7, 11) is 0. The van der Waals surface area contributed by atoms with Crippen molar-refractivity contribution in [2.24, 2.45) is 0 Å². The summed E-state index contributed by atoms with van der Waals surface area (Å²) in [5.41, 5.74) is -0.875. The third-order valence-electron chi connectivity index (χ3n) is 1.83. The number of alkyl halides is 1. The third-order valence-corrected chi connectivity index (χ3v) is 1.83. The Balaban J connectivity index is 2.40. The lowest BCUT2D eigenvalue weighted by Crippen LogP contribution is -2.24. The molecule has 1 saturated heterocycles. The predicted molar refractivity (Wildman–Crippen MR) is 31.6 cm³/mol. The Labute approximate surface area is 49.3 Å². The van der Waals surface area contributed by atoms with E-state index in [1.165, 1.54) is 0 Å². The molecular weight excluding hydrogens is 105 g/mol. The SMILES string of the molecule is CC[C@]1(F)CCNC1. The molecule has 8 heavy (non-hydrogen) atoms. The number of rotatable bonds is 1. The Morgan fingerprint density at radius 1 is 1.75 bits per heavy atom. The molecule has 48 valence electrons. The number of hydrogen-bond acceptors (Lipinski definition) is 1. The molecule has 0 aromatic rings. The van der Waals surface area contributed by atoms with Gasteiger partial charge >= 0.3 is 0 Å². The van der Waals surface area contributed by atoms with Crippen molar-refractivity contribution in [3.63, 3.8) is 0 Å². The Bertz CT molecular complexity index is 76.6. The van der Waals surface area contributed by atoms with Crippen LogP contribution in [0.2, 0.25) is 0 Å². The summed E-state index contributed by atoms with van der Waals surface area (Å²) in [6, 6.07) is 0. The lowest BCUT2D eigenvalue weighted by atomic mass is 10.0. The van der Waals surface area contributed by atoms with Crippen LogP contribution in [0.25, 0.3) is 0 Å². The fraction of sp³-hybridized carbons (Fsp3) is 1.00. The lowest BCUT2D eigenvalue weighted by Gasteiger charge is -2.13. The molecule has 1 aliphatic heterocycles. The van der Waals surface area contributed by atoms with Crippen molar-refractivity contribution in [1.29, 1.82) is 0 Å². The van der Waals surface area contributed by atoms with Crippen LogP contribution in [0.1, 0.15) is 19.8 Å². The molecule has 0 bridgehead atoms. The topological polar surface area (TPSA) is 12.0 Å². The van der Waals surface area contributed by atoms with Gasteiger partial charge in [-0.1, -0.05) is 6.92 Å². The van der Waals surface area contributed by atoms with Gasteiger partial charge in [-0.15, -0.1) is 0 Å². The first-order valence-corrected chi connectivity index (χ1v) is 3.16. The highest BCUT2D eigenvalue weighted by Gasteiger charge is 2.30. The molecule has 1 aliphatic rings. The molecular formula is C6H12FN. The van der Waals surface area contributed by atoms with Crippen LogP contribution in [0, 0.1) is 0 Å². The molecule has 0 saturated carbocycles. The molecule has 2 heteroatoms. The molecule has 1 nitrogen and oxygen atoms in total. The van der Waals surface area contributed by atoms with Gasteiger partial charge in [-0.3, -0.25) is 0 Å². The minimum atomic E-state index is -0.875. The summed E-state index contributed by atoms with van der Waals surface area (Å²) in [6.45, 7) is 3.31. The summed E-state index contributed by atoms with van der Waals surface area (Å²) in [5.74, 6) is 0. The Hall–Kier alpha value is -0.110. The summed E-state index contributed by atoms with van der Waals surface area (Å²) < 4.78 is 13.0. The first kappa shape index (κ1) is 6.02. The Kier molecular flexibility index (Phi) is 1.52. The number of nitrogens with one attached hydrogen (secondary N) is 1. The van der Waals surface area contributed by atoms with Gasteiger partial charge in [0.05, 0.1) is 0 Å². The monoisotopic (exact) mass is 117 g/mol. The van der Waals surface area contributed by atoms with Crippen LogP contribution < -0.4 is 5.32 Å². The zero-order valence-electron chi connectivity index (χ0n) is 5.21. The van der Waals surface area contributed by atoms with Gasteiger partial charge in [0.25, 0.3) is 0 Å². The summed E-state index contributed by atoms with van der Waals surface area (Å²) in [5, 5.41) is 2.99. The zero-order valence-corrected chi connectivity index (χ0v) is 5.21.